The van der Waals surface area contributed by atoms with Gasteiger partial charge in [0.25, 0.3) is 0 Å². The highest BCUT2D eigenvalue weighted by Crippen LogP contribution is 2.50. The number of aliphatic imine (C=N–C) groups is 2. The monoisotopic (exact) mass is 589 g/mol. The Morgan fingerprint density at radius 3 is 2.50 bits per heavy atom. The van der Waals surface area contributed by atoms with Crippen LogP contribution in [0.5, 0.6) is 5.75 Å². The predicted octanol–water partition coefficient (Wildman–Crippen LogP) is 7.15. The first-order valence-electron chi connectivity index (χ1n) is 12.9. The Hall–Kier alpha value is -4.76. The molecule has 9 heteroatoms. The lowest BCUT2D eigenvalue weighted by molar-refractivity contribution is 0.465. The SMILES string of the molecule is Cc1ccc(NC2=Nc3ccccc3N3C2=Nc2c(c(C)nn2-c2ccccn2)[C@@H]3c2cc(Br)ccc2O)cc1. The number of aromatic nitrogens is 3. The quantitative estimate of drug-likeness (QED) is 0.233. The van der Waals surface area contributed by atoms with Crippen LogP contribution in [0, 0.1) is 13.8 Å². The highest BCUT2D eigenvalue weighted by atomic mass is 79.9. The number of hydrogen-bond donors (Lipinski definition) is 2. The molecule has 8 nitrogen and oxygen atoms in total. The van der Waals surface area contributed by atoms with Gasteiger partial charge in [-0.05, 0) is 68.4 Å². The molecule has 0 fully saturated rings. The molecule has 40 heavy (non-hydrogen) atoms. The molecule has 0 amide bonds. The number of amidine groups is 2. The highest BCUT2D eigenvalue weighted by molar-refractivity contribution is 9.10. The Morgan fingerprint density at radius 1 is 0.900 bits per heavy atom. The van der Waals surface area contributed by atoms with Crippen molar-refractivity contribution in [1.82, 2.24) is 14.8 Å². The summed E-state index contributed by atoms with van der Waals surface area (Å²) in [6.07, 6.45) is 1.74. The average Bonchev–Trinajstić information content (AvgIpc) is 3.31. The van der Waals surface area contributed by atoms with Crippen LogP contribution in [0.2, 0.25) is 0 Å². The molecule has 1 atom stereocenters. The third-order valence-corrected chi connectivity index (χ3v) is 7.60. The van der Waals surface area contributed by atoms with E-state index in [0.29, 0.717) is 23.3 Å². The van der Waals surface area contributed by atoms with Crippen molar-refractivity contribution < 1.29 is 5.11 Å². The standard InChI is InChI=1S/C31H24BrN7O/c1-18-10-13-21(14-11-18)34-29-31-36-30-27(19(2)37-39(30)26-9-5-6-16-33-26)28(22-17-20(32)12-15-25(22)40)38(31)24-8-4-3-7-23(24)35-29/h3-17,28,40H,1-2H3,(H,34,35)/t28-/m0/s1. The molecule has 0 radical (unpaired) electrons. The fourth-order valence-electron chi connectivity index (χ4n) is 5.25. The Labute approximate surface area is 239 Å². The summed E-state index contributed by atoms with van der Waals surface area (Å²) < 4.78 is 2.62. The van der Waals surface area contributed by atoms with Crippen molar-refractivity contribution in [2.24, 2.45) is 9.98 Å². The molecule has 0 saturated heterocycles. The first kappa shape index (κ1) is 24.3. The maximum Gasteiger partial charge on any atom is 0.179 e. The summed E-state index contributed by atoms with van der Waals surface area (Å²) in [5, 5.41) is 19.6. The largest absolute Gasteiger partial charge is 0.508 e. The van der Waals surface area contributed by atoms with Crippen molar-refractivity contribution in [1.29, 1.82) is 0 Å². The summed E-state index contributed by atoms with van der Waals surface area (Å²) in [6.45, 7) is 4.03. The summed E-state index contributed by atoms with van der Waals surface area (Å²) in [5.41, 5.74) is 6.15. The summed E-state index contributed by atoms with van der Waals surface area (Å²) in [4.78, 5) is 16.9. The zero-order chi connectivity index (χ0) is 27.4. The number of anilines is 2. The van der Waals surface area contributed by atoms with Crippen molar-refractivity contribution in [2.45, 2.75) is 19.9 Å². The van der Waals surface area contributed by atoms with Gasteiger partial charge in [0.15, 0.2) is 23.3 Å². The number of fused-ring (bicyclic) bond motifs is 4. The number of rotatable bonds is 3. The third kappa shape index (κ3) is 3.97. The van der Waals surface area contributed by atoms with E-state index in [1.165, 1.54) is 5.56 Å². The molecule has 2 N–H and O–H groups in total. The van der Waals surface area contributed by atoms with E-state index in [1.807, 2.05) is 73.7 Å². The molecule has 2 aliphatic rings. The van der Waals surface area contributed by atoms with Crippen molar-refractivity contribution in [3.05, 3.63) is 118 Å². The van der Waals surface area contributed by atoms with Gasteiger partial charge in [0.05, 0.1) is 23.1 Å². The van der Waals surface area contributed by atoms with Crippen LogP contribution in [0.25, 0.3) is 5.82 Å². The van der Waals surface area contributed by atoms with Crippen molar-refractivity contribution in [3.63, 3.8) is 0 Å². The van der Waals surface area contributed by atoms with Gasteiger partial charge in [0.1, 0.15) is 5.75 Å². The first-order valence-corrected chi connectivity index (χ1v) is 13.7. The van der Waals surface area contributed by atoms with Crippen LogP contribution in [0.3, 0.4) is 0 Å². The van der Waals surface area contributed by atoms with Crippen molar-refractivity contribution in [3.8, 4) is 11.6 Å². The normalized spacial score (nSPS) is 15.5. The Morgan fingerprint density at radius 2 is 1.70 bits per heavy atom. The topological polar surface area (TPSA) is 90.9 Å². The number of aromatic hydroxyl groups is 1. The van der Waals surface area contributed by atoms with Crippen molar-refractivity contribution >= 4 is 50.5 Å². The van der Waals surface area contributed by atoms with Gasteiger partial charge in [-0.25, -0.2) is 15.0 Å². The van der Waals surface area contributed by atoms with Gasteiger partial charge < -0.3 is 15.3 Å². The molecule has 2 aliphatic heterocycles. The van der Waals surface area contributed by atoms with Gasteiger partial charge in [-0.2, -0.15) is 9.78 Å². The molecule has 7 rings (SSSR count). The van der Waals surface area contributed by atoms with E-state index >= 15 is 0 Å². The fraction of sp³-hybridized carbons (Fsp3) is 0.0968. The van der Waals surface area contributed by atoms with E-state index in [9.17, 15) is 5.11 Å². The molecule has 3 aromatic carbocycles. The van der Waals surface area contributed by atoms with Gasteiger partial charge in [0, 0.05) is 27.5 Å². The maximum absolute atomic E-state index is 11.2. The van der Waals surface area contributed by atoms with Crippen LogP contribution in [0.15, 0.2) is 106 Å². The molecular formula is C31H24BrN7O. The number of aryl methyl sites for hydroxylation is 2. The smallest absolute Gasteiger partial charge is 0.179 e. The molecule has 4 heterocycles. The van der Waals surface area contributed by atoms with Crippen LogP contribution < -0.4 is 10.2 Å². The molecule has 0 unspecified atom stereocenters. The third-order valence-electron chi connectivity index (χ3n) is 7.10. The zero-order valence-electron chi connectivity index (χ0n) is 21.7. The molecular weight excluding hydrogens is 566 g/mol. The Balaban J connectivity index is 1.52. The highest BCUT2D eigenvalue weighted by Gasteiger charge is 2.42. The second kappa shape index (κ2) is 9.46. The minimum Gasteiger partial charge on any atom is -0.508 e. The maximum atomic E-state index is 11.2. The van der Waals surface area contributed by atoms with Gasteiger partial charge in [-0.3, -0.25) is 0 Å². The number of para-hydroxylation sites is 2. The number of halogens is 1. The summed E-state index contributed by atoms with van der Waals surface area (Å²) in [6, 6.07) is 26.9. The van der Waals surface area contributed by atoms with Gasteiger partial charge in [-0.1, -0.05) is 51.8 Å². The Bertz CT molecular complexity index is 1830. The molecule has 196 valence electrons. The first-order chi connectivity index (χ1) is 19.5. The number of benzene rings is 3. The summed E-state index contributed by atoms with van der Waals surface area (Å²) in [7, 11) is 0. The second-order valence-corrected chi connectivity index (χ2v) is 10.7. The van der Waals surface area contributed by atoms with E-state index < -0.39 is 6.04 Å². The van der Waals surface area contributed by atoms with Crippen LogP contribution >= 0.6 is 15.9 Å². The zero-order valence-corrected chi connectivity index (χ0v) is 23.3. The van der Waals surface area contributed by atoms with Gasteiger partial charge in [-0.15, -0.1) is 0 Å². The molecule has 2 aromatic heterocycles. The Kier molecular flexibility index (Phi) is 5.74. The number of phenolic OH excluding ortho intramolecular Hbond substituents is 1. The van der Waals surface area contributed by atoms with Crippen LogP contribution in [-0.2, 0) is 0 Å². The van der Waals surface area contributed by atoms with E-state index in [4.69, 9.17) is 15.1 Å². The number of nitrogens with zero attached hydrogens (tertiary/aromatic N) is 6. The van der Waals surface area contributed by atoms with E-state index in [0.717, 1.165) is 38.4 Å². The number of hydrogen-bond acceptors (Lipinski definition) is 7. The molecule has 5 aromatic rings. The van der Waals surface area contributed by atoms with E-state index in [1.54, 1.807) is 16.9 Å². The number of nitrogens with one attached hydrogen (secondary N) is 1. The molecule has 0 saturated carbocycles. The number of phenols is 1. The van der Waals surface area contributed by atoms with Crippen LogP contribution in [0.4, 0.5) is 22.9 Å². The van der Waals surface area contributed by atoms with E-state index in [-0.39, 0.29) is 5.75 Å². The summed E-state index contributed by atoms with van der Waals surface area (Å²) >= 11 is 3.62. The van der Waals surface area contributed by atoms with E-state index in [2.05, 4.69) is 50.2 Å². The van der Waals surface area contributed by atoms with Gasteiger partial charge >= 0.3 is 0 Å². The predicted molar refractivity (Wildman–Crippen MR) is 162 cm³/mol. The van der Waals surface area contributed by atoms with Crippen LogP contribution in [0.1, 0.15) is 28.4 Å². The minimum atomic E-state index is -0.441. The lowest BCUT2D eigenvalue weighted by atomic mass is 9.92. The second-order valence-electron chi connectivity index (χ2n) is 9.77. The lowest BCUT2D eigenvalue weighted by Gasteiger charge is -2.40. The van der Waals surface area contributed by atoms with Crippen molar-refractivity contribution in [2.75, 3.05) is 10.2 Å². The molecule has 0 spiro atoms. The lowest BCUT2D eigenvalue weighted by Crippen LogP contribution is -2.46. The average molecular weight is 590 g/mol. The van der Waals surface area contributed by atoms with Crippen LogP contribution in [-0.4, -0.2) is 31.5 Å². The fourth-order valence-corrected chi connectivity index (χ4v) is 5.63. The van der Waals surface area contributed by atoms with Gasteiger partial charge in [0.2, 0.25) is 0 Å². The minimum absolute atomic E-state index is 0.179. The summed E-state index contributed by atoms with van der Waals surface area (Å²) in [5.74, 6) is 2.69. The molecule has 0 bridgehead atoms. The number of pyridine rings is 1. The molecule has 0 aliphatic carbocycles.